The third kappa shape index (κ3) is 5.69. The molecule has 0 saturated carbocycles. The molecule has 0 aliphatic carbocycles. The number of ether oxygens (including phenoxy) is 2. The third-order valence-corrected chi connectivity index (χ3v) is 4.70. The normalized spacial score (nSPS) is 20.0. The molecule has 1 aliphatic rings. The van der Waals surface area contributed by atoms with E-state index in [1.54, 1.807) is 4.90 Å². The lowest BCUT2D eigenvalue weighted by Crippen LogP contribution is -2.39. The van der Waals surface area contributed by atoms with Crippen LogP contribution in [0.15, 0.2) is 54.6 Å². The summed E-state index contributed by atoms with van der Waals surface area (Å²) in [5, 5.41) is 10.8. The number of likely N-dealkylation sites (tertiary alicyclic amines) is 1. The van der Waals surface area contributed by atoms with Gasteiger partial charge in [0.2, 0.25) is 0 Å². The smallest absolute Gasteiger partial charge is 0.260 e. The molecule has 0 radical (unpaired) electrons. The van der Waals surface area contributed by atoms with Crippen molar-refractivity contribution in [2.45, 2.75) is 24.9 Å². The van der Waals surface area contributed by atoms with Crippen molar-refractivity contribution in [1.82, 2.24) is 4.90 Å². The summed E-state index contributed by atoms with van der Waals surface area (Å²) in [6.07, 6.45) is 1.71. The number of nitrogens with zero attached hydrogens (tertiary/aromatic N) is 1. The monoisotopic (exact) mass is 373 g/mol. The molecule has 1 aliphatic heterocycles. The first-order valence-electron chi connectivity index (χ1n) is 9.10. The van der Waals surface area contributed by atoms with Crippen LogP contribution in [0.25, 0.3) is 0 Å². The first-order valence-corrected chi connectivity index (χ1v) is 9.10. The Hall–Kier alpha value is -2.60. The molecule has 0 spiro atoms. The minimum absolute atomic E-state index is 0.107. The number of hydrogen-bond donors (Lipinski definition) is 1. The summed E-state index contributed by atoms with van der Waals surface area (Å²) >= 11 is 0. The molecule has 1 fully saturated rings. The van der Waals surface area contributed by atoms with Crippen LogP contribution in [-0.2, 0) is 4.79 Å². The van der Waals surface area contributed by atoms with Gasteiger partial charge in [-0.1, -0.05) is 18.2 Å². The van der Waals surface area contributed by atoms with E-state index in [9.17, 15) is 14.3 Å². The largest absolute Gasteiger partial charge is 0.491 e. The first-order chi connectivity index (χ1) is 13.0. The molecule has 144 valence electrons. The van der Waals surface area contributed by atoms with E-state index in [4.69, 9.17) is 9.47 Å². The minimum Gasteiger partial charge on any atom is -0.491 e. The number of carbonyl (C=O) groups is 1. The number of aliphatic hydroxyl groups is 1. The Bertz CT molecular complexity index is 738. The zero-order valence-corrected chi connectivity index (χ0v) is 15.1. The van der Waals surface area contributed by atoms with E-state index < -0.39 is 5.60 Å². The van der Waals surface area contributed by atoms with E-state index in [0.29, 0.717) is 38.1 Å². The molecular formula is C21H24FNO4. The Labute approximate surface area is 158 Å². The molecule has 0 bridgehead atoms. The number of rotatable bonds is 6. The number of para-hydroxylation sites is 1. The Morgan fingerprint density at radius 1 is 1.00 bits per heavy atom. The average molecular weight is 373 g/mol. The minimum atomic E-state index is -0.956. The van der Waals surface area contributed by atoms with Gasteiger partial charge in [-0.3, -0.25) is 4.79 Å². The topological polar surface area (TPSA) is 59.0 Å². The molecule has 5 nitrogen and oxygen atoms in total. The Morgan fingerprint density at radius 2 is 1.70 bits per heavy atom. The summed E-state index contributed by atoms with van der Waals surface area (Å²) in [6, 6.07) is 14.9. The van der Waals surface area contributed by atoms with Crippen LogP contribution < -0.4 is 9.47 Å². The van der Waals surface area contributed by atoms with Gasteiger partial charge in [-0.2, -0.15) is 0 Å². The number of benzene rings is 2. The van der Waals surface area contributed by atoms with Crippen molar-refractivity contribution in [3.63, 3.8) is 0 Å². The van der Waals surface area contributed by atoms with Crippen LogP contribution in [0, 0.1) is 5.82 Å². The van der Waals surface area contributed by atoms with E-state index in [2.05, 4.69) is 0 Å². The van der Waals surface area contributed by atoms with E-state index in [1.165, 1.54) is 24.3 Å². The molecule has 1 unspecified atom stereocenters. The van der Waals surface area contributed by atoms with Crippen molar-refractivity contribution in [3.05, 3.63) is 60.4 Å². The van der Waals surface area contributed by atoms with E-state index in [1.807, 2.05) is 30.3 Å². The second-order valence-corrected chi connectivity index (χ2v) is 6.80. The lowest BCUT2D eigenvalue weighted by molar-refractivity contribution is -0.133. The number of carbonyl (C=O) groups excluding carboxylic acids is 1. The molecule has 0 aromatic heterocycles. The van der Waals surface area contributed by atoms with Gasteiger partial charge in [-0.05, 0) is 55.7 Å². The highest BCUT2D eigenvalue weighted by Gasteiger charge is 2.32. The fraction of sp³-hybridized carbons (Fsp3) is 0.381. The van der Waals surface area contributed by atoms with E-state index in [-0.39, 0.29) is 24.9 Å². The number of halogens is 1. The maximum atomic E-state index is 12.9. The Balaban J connectivity index is 1.48. The summed E-state index contributed by atoms with van der Waals surface area (Å²) in [6.45, 7) is 1.11. The highest BCUT2D eigenvalue weighted by atomic mass is 19.1. The van der Waals surface area contributed by atoms with Crippen LogP contribution >= 0.6 is 0 Å². The zero-order chi connectivity index (χ0) is 19.1. The molecular weight excluding hydrogens is 349 g/mol. The lowest BCUT2D eigenvalue weighted by atomic mass is 9.96. The molecule has 2 aromatic carbocycles. The van der Waals surface area contributed by atoms with Crippen molar-refractivity contribution >= 4 is 5.91 Å². The van der Waals surface area contributed by atoms with Gasteiger partial charge >= 0.3 is 0 Å². The van der Waals surface area contributed by atoms with E-state index >= 15 is 0 Å². The summed E-state index contributed by atoms with van der Waals surface area (Å²) < 4.78 is 24.0. The fourth-order valence-electron chi connectivity index (χ4n) is 3.07. The average Bonchev–Trinajstić information content (AvgIpc) is 2.89. The van der Waals surface area contributed by atoms with Gasteiger partial charge in [0.05, 0.1) is 0 Å². The van der Waals surface area contributed by atoms with Crippen LogP contribution in [0.2, 0.25) is 0 Å². The number of amides is 1. The van der Waals surface area contributed by atoms with Gasteiger partial charge in [-0.15, -0.1) is 0 Å². The van der Waals surface area contributed by atoms with Gasteiger partial charge in [-0.25, -0.2) is 4.39 Å². The van der Waals surface area contributed by atoms with Crippen molar-refractivity contribution < 1.29 is 23.8 Å². The van der Waals surface area contributed by atoms with Gasteiger partial charge in [0.15, 0.2) is 6.61 Å². The maximum absolute atomic E-state index is 12.9. The zero-order valence-electron chi connectivity index (χ0n) is 15.1. The summed E-state index contributed by atoms with van der Waals surface area (Å²) in [5.74, 6) is 0.675. The molecule has 1 saturated heterocycles. The second-order valence-electron chi connectivity index (χ2n) is 6.80. The van der Waals surface area contributed by atoms with Crippen molar-refractivity contribution in [2.24, 2.45) is 0 Å². The third-order valence-electron chi connectivity index (χ3n) is 4.70. The van der Waals surface area contributed by atoms with Crippen LogP contribution in [0.5, 0.6) is 11.5 Å². The van der Waals surface area contributed by atoms with Gasteiger partial charge in [0, 0.05) is 13.1 Å². The maximum Gasteiger partial charge on any atom is 0.260 e. The van der Waals surface area contributed by atoms with Crippen LogP contribution in [-0.4, -0.2) is 47.8 Å². The van der Waals surface area contributed by atoms with E-state index in [0.717, 1.165) is 5.75 Å². The molecule has 2 aromatic rings. The first kappa shape index (κ1) is 19.2. The van der Waals surface area contributed by atoms with Gasteiger partial charge in [0.1, 0.15) is 29.5 Å². The lowest BCUT2D eigenvalue weighted by Gasteiger charge is -2.27. The van der Waals surface area contributed by atoms with Crippen molar-refractivity contribution in [2.75, 3.05) is 26.3 Å². The molecule has 3 rings (SSSR count). The van der Waals surface area contributed by atoms with Gasteiger partial charge < -0.3 is 19.5 Å². The molecule has 1 heterocycles. The van der Waals surface area contributed by atoms with Crippen LogP contribution in [0.1, 0.15) is 19.3 Å². The van der Waals surface area contributed by atoms with Crippen LogP contribution in [0.4, 0.5) is 4.39 Å². The SMILES string of the molecule is O=C(COc1ccc(F)cc1)N1CCCC(O)(COc2ccccc2)CC1. The van der Waals surface area contributed by atoms with Crippen LogP contribution in [0.3, 0.4) is 0 Å². The van der Waals surface area contributed by atoms with Gasteiger partial charge in [0.25, 0.3) is 5.91 Å². The predicted molar refractivity (Wildman–Crippen MR) is 99.2 cm³/mol. The number of hydrogen-bond acceptors (Lipinski definition) is 4. The van der Waals surface area contributed by atoms with Crippen molar-refractivity contribution in [1.29, 1.82) is 0 Å². The summed E-state index contributed by atoms with van der Waals surface area (Å²) in [5.41, 5.74) is -0.956. The van der Waals surface area contributed by atoms with Crippen molar-refractivity contribution in [3.8, 4) is 11.5 Å². The predicted octanol–water partition coefficient (Wildman–Crippen LogP) is 3.03. The second kappa shape index (κ2) is 8.86. The Kier molecular flexibility index (Phi) is 6.29. The molecule has 1 N–H and O–H groups in total. The Morgan fingerprint density at radius 3 is 2.44 bits per heavy atom. The standard InChI is InChI=1S/C21H24FNO4/c22-17-7-9-19(10-8-17)26-15-20(24)23-13-4-11-21(25,12-14-23)16-27-18-5-2-1-3-6-18/h1-3,5-10,25H,4,11-16H2. The molecule has 6 heteroatoms. The summed E-state index contributed by atoms with van der Waals surface area (Å²) in [4.78, 5) is 14.1. The molecule has 1 amide bonds. The molecule has 27 heavy (non-hydrogen) atoms. The quantitative estimate of drug-likeness (QED) is 0.846. The molecule has 1 atom stereocenters. The fourth-order valence-corrected chi connectivity index (χ4v) is 3.07. The highest BCUT2D eigenvalue weighted by Crippen LogP contribution is 2.24. The summed E-state index contributed by atoms with van der Waals surface area (Å²) in [7, 11) is 0. The highest BCUT2D eigenvalue weighted by molar-refractivity contribution is 5.77.